The van der Waals surface area contributed by atoms with Crippen LogP contribution in [-0.4, -0.2) is 33.8 Å². The van der Waals surface area contributed by atoms with E-state index in [9.17, 15) is 0 Å². The molecule has 4 heteroatoms. The Bertz CT molecular complexity index is 168. The molecule has 0 aliphatic rings. The van der Waals surface area contributed by atoms with Gasteiger partial charge in [0, 0.05) is 18.1 Å². The van der Waals surface area contributed by atoms with Crippen LogP contribution in [0.2, 0.25) is 0 Å². The van der Waals surface area contributed by atoms with Crippen LogP contribution in [0.3, 0.4) is 0 Å². The average molecular weight is 256 g/mol. The molecular formula is C13H30N3Si. The van der Waals surface area contributed by atoms with Gasteiger partial charge in [0.15, 0.2) is 0 Å². The van der Waals surface area contributed by atoms with Crippen LogP contribution in [0.15, 0.2) is 0 Å². The molecule has 3 atom stereocenters. The Kier molecular flexibility index (Phi) is 8.29. The largest absolute Gasteiger partial charge is 0.289 e. The third kappa shape index (κ3) is 7.19. The lowest BCUT2D eigenvalue weighted by atomic mass is 10.2. The fourth-order valence-electron chi connectivity index (χ4n) is 1.54. The predicted molar refractivity (Wildman–Crippen MR) is 77.2 cm³/mol. The van der Waals surface area contributed by atoms with Crippen molar-refractivity contribution >= 4 is 10.2 Å². The normalized spacial score (nSPS) is 20.6. The molecule has 0 saturated carbocycles. The van der Waals surface area contributed by atoms with Crippen LogP contribution in [0.1, 0.15) is 60.8 Å². The standard InChI is InChI=1S/C13H30N3Si/c1-7-10(4)14-13(17,15-11(5)8-2)16-12(6)9-3/h10-12,14-16H,7-9H2,1-6H3. The predicted octanol–water partition coefficient (Wildman–Crippen LogP) is 1.93. The summed E-state index contributed by atoms with van der Waals surface area (Å²) in [6.07, 6.45) is 3.32. The second kappa shape index (κ2) is 8.24. The molecule has 101 valence electrons. The van der Waals surface area contributed by atoms with E-state index in [1.807, 2.05) is 0 Å². The van der Waals surface area contributed by atoms with Gasteiger partial charge in [0.05, 0.1) is 10.2 Å². The Morgan fingerprint density at radius 2 is 1.00 bits per heavy atom. The van der Waals surface area contributed by atoms with Crippen molar-refractivity contribution in [1.82, 2.24) is 16.0 Å². The van der Waals surface area contributed by atoms with Gasteiger partial charge in [0.2, 0.25) is 0 Å². The highest BCUT2D eigenvalue weighted by atomic mass is 28.1. The first kappa shape index (κ1) is 17.1. The van der Waals surface area contributed by atoms with Gasteiger partial charge in [-0.3, -0.25) is 16.0 Å². The Morgan fingerprint density at radius 1 is 0.765 bits per heavy atom. The summed E-state index contributed by atoms with van der Waals surface area (Å²) in [4.78, 5) is 0. The SMILES string of the molecule is CCC(C)NC([Si])(NC(C)CC)NC(C)CC. The average Bonchev–Trinajstić information content (AvgIpc) is 2.27. The number of rotatable bonds is 9. The van der Waals surface area contributed by atoms with Gasteiger partial charge in [-0.1, -0.05) is 20.8 Å². The molecule has 0 fully saturated rings. The van der Waals surface area contributed by atoms with Crippen LogP contribution < -0.4 is 16.0 Å². The first-order valence-electron chi connectivity index (χ1n) is 6.94. The maximum absolute atomic E-state index is 3.83. The smallest absolute Gasteiger partial charge is 0.101 e. The van der Waals surface area contributed by atoms with Gasteiger partial charge in [-0.2, -0.15) is 0 Å². The molecule has 0 aromatic rings. The van der Waals surface area contributed by atoms with E-state index in [-0.39, 0.29) is 5.41 Å². The molecule has 0 aromatic heterocycles. The summed E-state index contributed by atoms with van der Waals surface area (Å²) in [5, 5.41) is 10.7. The van der Waals surface area contributed by atoms with Crippen molar-refractivity contribution in [3.8, 4) is 0 Å². The maximum atomic E-state index is 3.83. The first-order valence-corrected chi connectivity index (χ1v) is 7.44. The minimum Gasteiger partial charge on any atom is -0.289 e. The van der Waals surface area contributed by atoms with E-state index in [1.54, 1.807) is 0 Å². The van der Waals surface area contributed by atoms with Gasteiger partial charge in [0.1, 0.15) is 5.41 Å². The summed E-state index contributed by atoms with van der Waals surface area (Å²) in [6.45, 7) is 13.2. The summed E-state index contributed by atoms with van der Waals surface area (Å²) < 4.78 is 0. The molecule has 0 saturated heterocycles. The van der Waals surface area contributed by atoms with Gasteiger partial charge >= 0.3 is 0 Å². The van der Waals surface area contributed by atoms with Crippen LogP contribution >= 0.6 is 0 Å². The van der Waals surface area contributed by atoms with E-state index in [0.717, 1.165) is 19.3 Å². The Balaban J connectivity index is 4.55. The molecule has 3 radical (unpaired) electrons. The lowest BCUT2D eigenvalue weighted by Crippen LogP contribution is -2.71. The van der Waals surface area contributed by atoms with Crippen LogP contribution in [-0.2, 0) is 0 Å². The minimum atomic E-state index is -0.375. The molecule has 3 nitrogen and oxygen atoms in total. The summed E-state index contributed by atoms with van der Waals surface area (Å²) in [7, 11) is 3.83. The summed E-state index contributed by atoms with van der Waals surface area (Å²) in [5.41, 5.74) is -0.375. The maximum Gasteiger partial charge on any atom is 0.101 e. The van der Waals surface area contributed by atoms with Crippen molar-refractivity contribution in [2.24, 2.45) is 0 Å². The molecule has 0 rings (SSSR count). The zero-order valence-corrected chi connectivity index (χ0v) is 13.4. The second-order valence-corrected chi connectivity index (χ2v) is 5.86. The molecule has 3 unspecified atom stereocenters. The zero-order valence-electron chi connectivity index (χ0n) is 12.4. The van der Waals surface area contributed by atoms with Crippen molar-refractivity contribution < 1.29 is 0 Å². The second-order valence-electron chi connectivity index (χ2n) is 5.11. The van der Waals surface area contributed by atoms with Crippen molar-refractivity contribution in [2.45, 2.75) is 84.3 Å². The van der Waals surface area contributed by atoms with Crippen LogP contribution in [0.25, 0.3) is 0 Å². The summed E-state index contributed by atoms with van der Waals surface area (Å²) in [6, 6.07) is 1.38. The number of hydrogen-bond donors (Lipinski definition) is 3. The van der Waals surface area contributed by atoms with E-state index in [0.29, 0.717) is 18.1 Å². The highest BCUT2D eigenvalue weighted by Crippen LogP contribution is 2.03. The summed E-state index contributed by atoms with van der Waals surface area (Å²) >= 11 is 0. The Morgan fingerprint density at radius 3 is 1.18 bits per heavy atom. The highest BCUT2D eigenvalue weighted by Gasteiger charge is 2.27. The topological polar surface area (TPSA) is 36.1 Å². The molecule has 0 aliphatic heterocycles. The molecule has 0 amide bonds. The van der Waals surface area contributed by atoms with Gasteiger partial charge in [-0.25, -0.2) is 0 Å². The molecule has 3 N–H and O–H groups in total. The molecular weight excluding hydrogens is 226 g/mol. The van der Waals surface area contributed by atoms with E-state index < -0.39 is 0 Å². The molecule has 0 spiro atoms. The number of nitrogens with one attached hydrogen (secondary N) is 3. The van der Waals surface area contributed by atoms with E-state index in [2.05, 4.69) is 67.7 Å². The van der Waals surface area contributed by atoms with Crippen molar-refractivity contribution in [3.63, 3.8) is 0 Å². The quantitative estimate of drug-likeness (QED) is 0.436. The molecule has 0 bridgehead atoms. The van der Waals surface area contributed by atoms with Gasteiger partial charge in [-0.15, -0.1) is 0 Å². The molecule has 17 heavy (non-hydrogen) atoms. The third-order valence-electron chi connectivity index (χ3n) is 3.23. The lowest BCUT2D eigenvalue weighted by Gasteiger charge is -2.40. The van der Waals surface area contributed by atoms with Crippen molar-refractivity contribution in [1.29, 1.82) is 0 Å². The van der Waals surface area contributed by atoms with Crippen LogP contribution in [0.4, 0.5) is 0 Å². The summed E-state index contributed by atoms with van der Waals surface area (Å²) in [5.74, 6) is 0. The van der Waals surface area contributed by atoms with Crippen molar-refractivity contribution in [2.75, 3.05) is 0 Å². The minimum absolute atomic E-state index is 0.375. The lowest BCUT2D eigenvalue weighted by molar-refractivity contribution is 0.227. The monoisotopic (exact) mass is 256 g/mol. The Hall–Kier alpha value is 0.0969. The Labute approximate surface area is 111 Å². The first-order chi connectivity index (χ1) is 7.86. The van der Waals surface area contributed by atoms with Crippen molar-refractivity contribution in [3.05, 3.63) is 0 Å². The fourth-order valence-corrected chi connectivity index (χ4v) is 2.28. The van der Waals surface area contributed by atoms with E-state index in [4.69, 9.17) is 0 Å². The molecule has 0 aromatic carbocycles. The fraction of sp³-hybridized carbons (Fsp3) is 1.00. The van der Waals surface area contributed by atoms with Crippen LogP contribution in [0.5, 0.6) is 0 Å². The zero-order chi connectivity index (χ0) is 13.5. The van der Waals surface area contributed by atoms with E-state index >= 15 is 0 Å². The van der Waals surface area contributed by atoms with E-state index in [1.165, 1.54) is 0 Å². The number of hydrogen-bond acceptors (Lipinski definition) is 3. The molecule has 0 heterocycles. The third-order valence-corrected chi connectivity index (χ3v) is 3.66. The molecule has 0 aliphatic carbocycles. The van der Waals surface area contributed by atoms with Gasteiger partial charge in [0.25, 0.3) is 0 Å². The van der Waals surface area contributed by atoms with Crippen LogP contribution in [0, 0.1) is 0 Å². The van der Waals surface area contributed by atoms with Gasteiger partial charge in [-0.05, 0) is 40.0 Å². The van der Waals surface area contributed by atoms with Gasteiger partial charge < -0.3 is 0 Å². The highest BCUT2D eigenvalue weighted by molar-refractivity contribution is 6.14.